The predicted molar refractivity (Wildman–Crippen MR) is 59.2 cm³/mol. The van der Waals surface area contributed by atoms with Gasteiger partial charge >= 0.3 is 6.18 Å². The fraction of sp³-hybridized carbons (Fsp3) is 0.500. The summed E-state index contributed by atoms with van der Waals surface area (Å²) in [6.07, 6.45) is -2.60. The topological polar surface area (TPSA) is 66.5 Å². The highest BCUT2D eigenvalue weighted by Crippen LogP contribution is 2.43. The highest BCUT2D eigenvalue weighted by atomic mass is 19.4. The highest BCUT2D eigenvalue weighted by Gasteiger charge is 2.40. The van der Waals surface area contributed by atoms with Crippen LogP contribution in [0.15, 0.2) is 12.1 Å². The maximum Gasteiger partial charge on any atom is 0.416 e. The van der Waals surface area contributed by atoms with Crippen LogP contribution in [0.4, 0.5) is 13.2 Å². The average molecular weight is 261 g/mol. The molecule has 0 unspecified atom stereocenters. The summed E-state index contributed by atoms with van der Waals surface area (Å²) in [5, 5.41) is 18.9. The smallest absolute Gasteiger partial charge is 0.416 e. The van der Waals surface area contributed by atoms with E-state index >= 15 is 0 Å². The molecule has 0 atom stereocenters. The number of rotatable bonds is 3. The van der Waals surface area contributed by atoms with Crippen molar-refractivity contribution in [2.75, 3.05) is 0 Å². The number of halogens is 3. The molecule has 1 aliphatic rings. The predicted octanol–water partition coefficient (Wildman–Crippen LogP) is 2.54. The van der Waals surface area contributed by atoms with Gasteiger partial charge in [-0.25, -0.2) is 0 Å². The Morgan fingerprint density at radius 3 is 2.33 bits per heavy atom. The first-order valence-electron chi connectivity index (χ1n) is 5.63. The Kier molecular flexibility index (Phi) is 2.93. The zero-order valence-electron chi connectivity index (χ0n) is 9.59. The van der Waals surface area contributed by atoms with Gasteiger partial charge in [-0.05, 0) is 37.8 Å². The van der Waals surface area contributed by atoms with E-state index in [4.69, 9.17) is 5.73 Å². The Hall–Kier alpha value is -1.43. The number of alkyl halides is 3. The molecule has 100 valence electrons. The van der Waals surface area contributed by atoms with E-state index in [0.717, 1.165) is 25.0 Å². The standard InChI is InChI=1S/C12H14F3NO2/c13-12(14,15)8-1-2-9(17)10(18)7(8)3-4-11(16)5-6-11/h1-2,17-18H,3-6,16H2. The van der Waals surface area contributed by atoms with Crippen molar-refractivity contribution < 1.29 is 23.4 Å². The molecule has 6 heteroatoms. The largest absolute Gasteiger partial charge is 0.504 e. The minimum Gasteiger partial charge on any atom is -0.504 e. The number of hydrogen-bond acceptors (Lipinski definition) is 3. The monoisotopic (exact) mass is 261 g/mol. The number of benzene rings is 1. The Morgan fingerprint density at radius 1 is 1.22 bits per heavy atom. The molecule has 0 saturated heterocycles. The average Bonchev–Trinajstić information content (AvgIpc) is 2.97. The van der Waals surface area contributed by atoms with Gasteiger partial charge in [0, 0.05) is 11.1 Å². The van der Waals surface area contributed by atoms with Crippen molar-refractivity contribution in [3.63, 3.8) is 0 Å². The van der Waals surface area contributed by atoms with Gasteiger partial charge < -0.3 is 15.9 Å². The van der Waals surface area contributed by atoms with Crippen LogP contribution in [0.2, 0.25) is 0 Å². The molecule has 0 radical (unpaired) electrons. The van der Waals surface area contributed by atoms with E-state index in [2.05, 4.69) is 0 Å². The van der Waals surface area contributed by atoms with Crippen molar-refractivity contribution in [1.29, 1.82) is 0 Å². The molecular formula is C12H14F3NO2. The molecule has 0 spiro atoms. The Labute approximate surface area is 102 Å². The molecule has 0 bridgehead atoms. The number of hydrogen-bond donors (Lipinski definition) is 3. The van der Waals surface area contributed by atoms with Crippen LogP contribution < -0.4 is 5.73 Å². The Morgan fingerprint density at radius 2 is 1.83 bits per heavy atom. The van der Waals surface area contributed by atoms with Gasteiger partial charge in [0.2, 0.25) is 0 Å². The minimum atomic E-state index is -4.55. The summed E-state index contributed by atoms with van der Waals surface area (Å²) in [6.45, 7) is 0. The first-order chi connectivity index (χ1) is 8.23. The van der Waals surface area contributed by atoms with Crippen molar-refractivity contribution in [2.45, 2.75) is 37.4 Å². The number of nitrogens with two attached hydrogens (primary N) is 1. The van der Waals surface area contributed by atoms with E-state index in [1.54, 1.807) is 0 Å². The fourth-order valence-corrected chi connectivity index (χ4v) is 1.93. The van der Waals surface area contributed by atoms with E-state index < -0.39 is 28.8 Å². The maximum absolute atomic E-state index is 12.8. The zero-order valence-corrected chi connectivity index (χ0v) is 9.59. The van der Waals surface area contributed by atoms with Crippen molar-refractivity contribution >= 4 is 0 Å². The molecule has 1 aromatic rings. The summed E-state index contributed by atoms with van der Waals surface area (Å²) in [7, 11) is 0. The second-order valence-corrected chi connectivity index (χ2v) is 4.82. The van der Waals surface area contributed by atoms with E-state index in [9.17, 15) is 23.4 Å². The second-order valence-electron chi connectivity index (χ2n) is 4.82. The summed E-state index contributed by atoms with van der Waals surface area (Å²) >= 11 is 0. The third-order valence-electron chi connectivity index (χ3n) is 3.33. The SMILES string of the molecule is NC1(CCc2c(C(F)(F)F)ccc(O)c2O)CC1. The summed E-state index contributed by atoms with van der Waals surface area (Å²) < 4.78 is 38.3. The molecule has 1 aromatic carbocycles. The van der Waals surface area contributed by atoms with Crippen LogP contribution >= 0.6 is 0 Å². The van der Waals surface area contributed by atoms with Crippen molar-refractivity contribution in [1.82, 2.24) is 0 Å². The molecule has 1 fully saturated rings. The lowest BCUT2D eigenvalue weighted by molar-refractivity contribution is -0.138. The van der Waals surface area contributed by atoms with Crippen LogP contribution in [0.25, 0.3) is 0 Å². The van der Waals surface area contributed by atoms with Gasteiger partial charge in [0.15, 0.2) is 11.5 Å². The molecule has 0 aromatic heterocycles. The van der Waals surface area contributed by atoms with Crippen LogP contribution in [0.3, 0.4) is 0 Å². The lowest BCUT2D eigenvalue weighted by Crippen LogP contribution is -2.22. The number of phenolic OH excluding ortho intramolecular Hbond substituents is 2. The van der Waals surface area contributed by atoms with Crippen molar-refractivity contribution in [2.24, 2.45) is 5.73 Å². The first-order valence-corrected chi connectivity index (χ1v) is 5.63. The van der Waals surface area contributed by atoms with E-state index in [1.165, 1.54) is 0 Å². The highest BCUT2D eigenvalue weighted by molar-refractivity contribution is 5.50. The molecule has 3 nitrogen and oxygen atoms in total. The third-order valence-corrected chi connectivity index (χ3v) is 3.33. The molecule has 4 N–H and O–H groups in total. The molecule has 2 rings (SSSR count). The van der Waals surface area contributed by atoms with Gasteiger partial charge in [0.05, 0.1) is 5.56 Å². The zero-order chi connectivity index (χ0) is 13.6. The first kappa shape index (κ1) is 13.0. The molecule has 1 aliphatic carbocycles. The fourth-order valence-electron chi connectivity index (χ4n) is 1.93. The molecule has 1 saturated carbocycles. The quantitative estimate of drug-likeness (QED) is 0.732. The van der Waals surface area contributed by atoms with E-state index in [1.807, 2.05) is 0 Å². The summed E-state index contributed by atoms with van der Waals surface area (Å²) in [5.41, 5.74) is 4.22. The van der Waals surface area contributed by atoms with Gasteiger partial charge in [0.25, 0.3) is 0 Å². The van der Waals surface area contributed by atoms with Gasteiger partial charge in [-0.1, -0.05) is 0 Å². The molecule has 18 heavy (non-hydrogen) atoms. The molecule has 0 amide bonds. The number of aromatic hydroxyl groups is 2. The van der Waals surface area contributed by atoms with Gasteiger partial charge in [-0.15, -0.1) is 0 Å². The lowest BCUT2D eigenvalue weighted by Gasteiger charge is -2.16. The molecule has 0 heterocycles. The second kappa shape index (κ2) is 4.05. The normalized spacial score (nSPS) is 17.8. The maximum atomic E-state index is 12.8. The third kappa shape index (κ3) is 2.53. The number of phenols is 2. The Balaban J connectivity index is 2.32. The Bertz CT molecular complexity index is 467. The van der Waals surface area contributed by atoms with Crippen LogP contribution in [0, 0.1) is 0 Å². The molecule has 0 aliphatic heterocycles. The molecular weight excluding hydrogens is 247 g/mol. The van der Waals surface area contributed by atoms with Crippen LogP contribution in [0.5, 0.6) is 11.5 Å². The lowest BCUT2D eigenvalue weighted by atomic mass is 9.97. The van der Waals surface area contributed by atoms with E-state index in [0.29, 0.717) is 6.42 Å². The van der Waals surface area contributed by atoms with Crippen molar-refractivity contribution in [3.8, 4) is 11.5 Å². The van der Waals surface area contributed by atoms with Gasteiger partial charge in [0.1, 0.15) is 0 Å². The summed E-state index contributed by atoms with van der Waals surface area (Å²) in [4.78, 5) is 0. The minimum absolute atomic E-state index is 0.00553. The van der Waals surface area contributed by atoms with Crippen molar-refractivity contribution in [3.05, 3.63) is 23.3 Å². The van der Waals surface area contributed by atoms with Gasteiger partial charge in [-0.2, -0.15) is 13.2 Å². The summed E-state index contributed by atoms with van der Waals surface area (Å²) in [6, 6.07) is 1.62. The van der Waals surface area contributed by atoms with Gasteiger partial charge in [-0.3, -0.25) is 0 Å². The van der Waals surface area contributed by atoms with Crippen LogP contribution in [-0.4, -0.2) is 15.8 Å². The van der Waals surface area contributed by atoms with Crippen LogP contribution in [-0.2, 0) is 12.6 Å². The summed E-state index contributed by atoms with van der Waals surface area (Å²) in [5.74, 6) is -1.24. The van der Waals surface area contributed by atoms with Crippen LogP contribution in [0.1, 0.15) is 30.4 Å². The van der Waals surface area contributed by atoms with E-state index in [-0.39, 0.29) is 12.0 Å².